The van der Waals surface area contributed by atoms with Crippen molar-refractivity contribution in [2.24, 2.45) is 0 Å². The van der Waals surface area contributed by atoms with Crippen LogP contribution in [0.1, 0.15) is 32.5 Å². The summed E-state index contributed by atoms with van der Waals surface area (Å²) in [4.78, 5) is 29.5. The molecule has 0 spiro atoms. The molecule has 0 saturated heterocycles. The van der Waals surface area contributed by atoms with Crippen LogP contribution in [0, 0.1) is 0 Å². The zero-order valence-corrected chi connectivity index (χ0v) is 16.6. The predicted octanol–water partition coefficient (Wildman–Crippen LogP) is 4.38. The van der Waals surface area contributed by atoms with E-state index in [4.69, 9.17) is 16.3 Å². The molecule has 0 atom stereocenters. The van der Waals surface area contributed by atoms with Crippen LogP contribution in [0.2, 0.25) is 5.02 Å². The molecule has 2 N–H and O–H groups in total. The molecule has 0 unspecified atom stereocenters. The molecule has 8 heteroatoms. The maximum Gasteiger partial charge on any atom is 0.265 e. The average molecular weight is 416 g/mol. The summed E-state index contributed by atoms with van der Waals surface area (Å²) < 4.78 is 5.46. The van der Waals surface area contributed by atoms with E-state index >= 15 is 0 Å². The number of pyridine rings is 1. The van der Waals surface area contributed by atoms with Gasteiger partial charge in [0.05, 0.1) is 22.2 Å². The molecule has 0 aliphatic rings. The number of halogens is 1. The molecular weight excluding hydrogens is 398 g/mol. The maximum atomic E-state index is 12.5. The van der Waals surface area contributed by atoms with Gasteiger partial charge in [-0.1, -0.05) is 23.7 Å². The first-order valence-electron chi connectivity index (χ1n) is 8.57. The summed E-state index contributed by atoms with van der Waals surface area (Å²) >= 11 is 7.49. The van der Waals surface area contributed by atoms with E-state index in [1.54, 1.807) is 42.6 Å². The molecule has 28 heavy (non-hydrogen) atoms. The van der Waals surface area contributed by atoms with E-state index in [0.717, 1.165) is 5.56 Å². The van der Waals surface area contributed by atoms with E-state index in [1.807, 2.05) is 18.4 Å². The Morgan fingerprint density at radius 1 is 1.18 bits per heavy atom. The van der Waals surface area contributed by atoms with Crippen LogP contribution in [0.15, 0.2) is 54.0 Å². The number of hydrogen-bond donors (Lipinski definition) is 2. The van der Waals surface area contributed by atoms with Gasteiger partial charge in [-0.25, -0.2) is 4.98 Å². The molecule has 0 radical (unpaired) electrons. The smallest absolute Gasteiger partial charge is 0.265 e. The van der Waals surface area contributed by atoms with Gasteiger partial charge in [-0.15, -0.1) is 11.3 Å². The first-order chi connectivity index (χ1) is 13.6. The molecule has 0 saturated carbocycles. The number of nitrogens with zero attached hydrogens (tertiary/aromatic N) is 1. The van der Waals surface area contributed by atoms with Gasteiger partial charge in [0.1, 0.15) is 0 Å². The topological polar surface area (TPSA) is 80.3 Å². The molecule has 0 aliphatic carbocycles. The Kier molecular flexibility index (Phi) is 6.62. The Labute approximate surface area is 171 Å². The standard InChI is InChI=1S/C20H18ClN3O3S/c1-2-27-20-14(5-3-9-22-20)12-23-18(25)13-7-8-15(21)16(11-13)24-19(26)17-6-4-10-28-17/h3-11H,2,12H2,1H3,(H,23,25)(H,24,26). The van der Waals surface area contributed by atoms with Crippen molar-refractivity contribution in [3.8, 4) is 5.88 Å². The molecule has 0 fully saturated rings. The minimum absolute atomic E-state index is 0.265. The van der Waals surface area contributed by atoms with Crippen molar-refractivity contribution in [2.75, 3.05) is 11.9 Å². The lowest BCUT2D eigenvalue weighted by Crippen LogP contribution is -2.23. The quantitative estimate of drug-likeness (QED) is 0.600. The van der Waals surface area contributed by atoms with Gasteiger partial charge in [0.15, 0.2) is 0 Å². The number of carbonyl (C=O) groups is 2. The Morgan fingerprint density at radius 3 is 2.79 bits per heavy atom. The first kappa shape index (κ1) is 19.9. The summed E-state index contributed by atoms with van der Waals surface area (Å²) in [6.45, 7) is 2.63. The van der Waals surface area contributed by atoms with Crippen molar-refractivity contribution < 1.29 is 14.3 Å². The summed E-state index contributed by atoms with van der Waals surface area (Å²) in [7, 11) is 0. The van der Waals surface area contributed by atoms with Crippen molar-refractivity contribution in [1.82, 2.24) is 10.3 Å². The fourth-order valence-electron chi connectivity index (χ4n) is 2.46. The number of carbonyl (C=O) groups excluding carboxylic acids is 2. The van der Waals surface area contributed by atoms with E-state index in [1.165, 1.54) is 11.3 Å². The van der Waals surface area contributed by atoms with Crippen molar-refractivity contribution in [3.63, 3.8) is 0 Å². The van der Waals surface area contributed by atoms with Gasteiger partial charge in [-0.3, -0.25) is 9.59 Å². The molecule has 6 nitrogen and oxygen atoms in total. The van der Waals surface area contributed by atoms with Crippen molar-refractivity contribution >= 4 is 40.4 Å². The normalized spacial score (nSPS) is 10.4. The monoisotopic (exact) mass is 415 g/mol. The number of amides is 2. The maximum absolute atomic E-state index is 12.5. The second kappa shape index (κ2) is 9.34. The van der Waals surface area contributed by atoms with Crippen LogP contribution in [0.5, 0.6) is 5.88 Å². The van der Waals surface area contributed by atoms with Crippen LogP contribution in [-0.4, -0.2) is 23.4 Å². The van der Waals surface area contributed by atoms with Crippen LogP contribution in [0.3, 0.4) is 0 Å². The molecule has 2 heterocycles. The number of aromatic nitrogens is 1. The second-order valence-corrected chi connectivity index (χ2v) is 7.06. The molecule has 2 aromatic heterocycles. The van der Waals surface area contributed by atoms with Crippen molar-refractivity contribution in [2.45, 2.75) is 13.5 Å². The average Bonchev–Trinajstić information content (AvgIpc) is 3.24. The highest BCUT2D eigenvalue weighted by molar-refractivity contribution is 7.12. The van der Waals surface area contributed by atoms with Crippen LogP contribution in [-0.2, 0) is 6.54 Å². The minimum atomic E-state index is -0.297. The van der Waals surface area contributed by atoms with Gasteiger partial charge in [0.2, 0.25) is 5.88 Å². The molecule has 3 aromatic rings. The first-order valence-corrected chi connectivity index (χ1v) is 9.83. The fraction of sp³-hybridized carbons (Fsp3) is 0.150. The van der Waals surface area contributed by atoms with E-state index in [2.05, 4.69) is 15.6 Å². The van der Waals surface area contributed by atoms with Crippen LogP contribution in [0.4, 0.5) is 5.69 Å². The number of rotatable bonds is 7. The molecule has 2 amide bonds. The summed E-state index contributed by atoms with van der Waals surface area (Å²) in [5.74, 6) is -0.0777. The largest absolute Gasteiger partial charge is 0.478 e. The number of ether oxygens (including phenoxy) is 1. The van der Waals surface area contributed by atoms with Gasteiger partial charge >= 0.3 is 0 Å². The lowest BCUT2D eigenvalue weighted by atomic mass is 10.1. The lowest BCUT2D eigenvalue weighted by molar-refractivity contribution is 0.0949. The van der Waals surface area contributed by atoms with E-state index in [-0.39, 0.29) is 18.4 Å². The number of hydrogen-bond acceptors (Lipinski definition) is 5. The highest BCUT2D eigenvalue weighted by Crippen LogP contribution is 2.24. The third-order valence-electron chi connectivity index (χ3n) is 3.79. The summed E-state index contributed by atoms with van der Waals surface area (Å²) in [5.41, 5.74) is 1.54. The Bertz CT molecular complexity index is 977. The highest BCUT2D eigenvalue weighted by atomic mass is 35.5. The zero-order chi connectivity index (χ0) is 19.9. The van der Waals surface area contributed by atoms with E-state index in [0.29, 0.717) is 33.6 Å². The van der Waals surface area contributed by atoms with E-state index in [9.17, 15) is 9.59 Å². The highest BCUT2D eigenvalue weighted by Gasteiger charge is 2.13. The third kappa shape index (κ3) is 4.88. The van der Waals surface area contributed by atoms with Gasteiger partial charge in [-0.05, 0) is 42.6 Å². The molecule has 3 rings (SSSR count). The molecule has 144 valence electrons. The molecule has 0 bridgehead atoms. The van der Waals surface area contributed by atoms with Crippen LogP contribution < -0.4 is 15.4 Å². The predicted molar refractivity (Wildman–Crippen MR) is 110 cm³/mol. The summed E-state index contributed by atoms with van der Waals surface area (Å²) in [6.07, 6.45) is 1.64. The van der Waals surface area contributed by atoms with Crippen LogP contribution in [0.25, 0.3) is 0 Å². The zero-order valence-electron chi connectivity index (χ0n) is 15.1. The number of nitrogens with one attached hydrogen (secondary N) is 2. The van der Waals surface area contributed by atoms with Gasteiger partial charge in [-0.2, -0.15) is 0 Å². The van der Waals surface area contributed by atoms with Gasteiger partial charge in [0, 0.05) is 23.9 Å². The SMILES string of the molecule is CCOc1ncccc1CNC(=O)c1ccc(Cl)c(NC(=O)c2cccs2)c1. The van der Waals surface area contributed by atoms with Crippen molar-refractivity contribution in [3.05, 3.63) is 75.1 Å². The Balaban J connectivity index is 1.70. The van der Waals surface area contributed by atoms with Crippen LogP contribution >= 0.6 is 22.9 Å². The number of thiophene rings is 1. The second-order valence-electron chi connectivity index (χ2n) is 5.71. The fourth-order valence-corrected chi connectivity index (χ4v) is 3.24. The Morgan fingerprint density at radius 2 is 2.04 bits per heavy atom. The third-order valence-corrected chi connectivity index (χ3v) is 4.99. The molecular formula is C20H18ClN3O3S. The minimum Gasteiger partial charge on any atom is -0.478 e. The van der Waals surface area contributed by atoms with Crippen molar-refractivity contribution in [1.29, 1.82) is 0 Å². The van der Waals surface area contributed by atoms with Gasteiger partial charge < -0.3 is 15.4 Å². The Hall–Kier alpha value is -2.90. The molecule has 1 aromatic carbocycles. The molecule has 0 aliphatic heterocycles. The van der Waals surface area contributed by atoms with E-state index < -0.39 is 0 Å². The number of benzene rings is 1. The summed E-state index contributed by atoms with van der Waals surface area (Å²) in [6, 6.07) is 11.9. The summed E-state index contributed by atoms with van der Waals surface area (Å²) in [5, 5.41) is 7.73. The van der Waals surface area contributed by atoms with Gasteiger partial charge in [0.25, 0.3) is 11.8 Å². The number of anilines is 1. The lowest BCUT2D eigenvalue weighted by Gasteiger charge is -2.11.